The maximum absolute atomic E-state index is 11.8. The van der Waals surface area contributed by atoms with Gasteiger partial charge < -0.3 is 5.32 Å². The Morgan fingerprint density at radius 3 is 2.60 bits per heavy atom. The first-order valence-electron chi connectivity index (χ1n) is 5.86. The zero-order valence-corrected chi connectivity index (χ0v) is 9.25. The molecule has 82 valence electrons. The maximum Gasteiger partial charge on any atom is 0.240 e. The van der Waals surface area contributed by atoms with Crippen LogP contribution in [0.25, 0.3) is 0 Å². The summed E-state index contributed by atoms with van der Waals surface area (Å²) in [6.45, 7) is 2.87. The molecule has 0 atom stereocenters. The van der Waals surface area contributed by atoms with Gasteiger partial charge in [0.25, 0.3) is 0 Å². The van der Waals surface area contributed by atoms with Gasteiger partial charge in [0, 0.05) is 6.54 Å². The van der Waals surface area contributed by atoms with Gasteiger partial charge in [-0.25, -0.2) is 0 Å². The molecular formula is C12H18N2O. The van der Waals surface area contributed by atoms with E-state index in [0.717, 1.165) is 19.4 Å². The zero-order valence-electron chi connectivity index (χ0n) is 9.25. The van der Waals surface area contributed by atoms with E-state index < -0.39 is 5.41 Å². The number of nitrogens with one attached hydrogen (secondary N) is 1. The van der Waals surface area contributed by atoms with Crippen molar-refractivity contribution in [3.8, 4) is 6.07 Å². The Bertz CT molecular complexity index is 295. The van der Waals surface area contributed by atoms with E-state index >= 15 is 0 Å². The van der Waals surface area contributed by atoms with Crippen molar-refractivity contribution in [2.24, 2.45) is 17.3 Å². The summed E-state index contributed by atoms with van der Waals surface area (Å²) in [5, 5.41) is 12.0. The molecule has 0 spiro atoms. The van der Waals surface area contributed by atoms with Crippen LogP contribution in [0, 0.1) is 28.6 Å². The molecule has 0 unspecified atom stereocenters. The summed E-state index contributed by atoms with van der Waals surface area (Å²) < 4.78 is 0. The summed E-state index contributed by atoms with van der Waals surface area (Å²) in [4.78, 5) is 11.8. The molecule has 2 saturated carbocycles. The van der Waals surface area contributed by atoms with Crippen LogP contribution >= 0.6 is 0 Å². The molecule has 2 rings (SSSR count). The molecule has 3 heteroatoms. The van der Waals surface area contributed by atoms with Gasteiger partial charge in [-0.15, -0.1) is 0 Å². The van der Waals surface area contributed by atoms with Crippen molar-refractivity contribution in [2.75, 3.05) is 6.54 Å². The molecule has 1 N–H and O–H groups in total. The Hall–Kier alpha value is -1.04. The highest BCUT2D eigenvalue weighted by Crippen LogP contribution is 2.45. The molecule has 0 radical (unpaired) electrons. The minimum absolute atomic E-state index is 0.0324. The number of amides is 1. The summed E-state index contributed by atoms with van der Waals surface area (Å²) in [6, 6.07) is 2.19. The van der Waals surface area contributed by atoms with Gasteiger partial charge in [-0.2, -0.15) is 5.26 Å². The lowest BCUT2D eigenvalue weighted by atomic mass is 9.63. The van der Waals surface area contributed by atoms with Crippen molar-refractivity contribution in [1.82, 2.24) is 5.32 Å². The third kappa shape index (κ3) is 1.86. The fourth-order valence-corrected chi connectivity index (χ4v) is 2.56. The van der Waals surface area contributed by atoms with Crippen LogP contribution in [-0.4, -0.2) is 12.5 Å². The van der Waals surface area contributed by atoms with E-state index in [1.165, 1.54) is 19.3 Å². The molecule has 15 heavy (non-hydrogen) atoms. The predicted octanol–water partition coefficient (Wildman–Crippen LogP) is 1.84. The number of rotatable bonds is 3. The molecule has 2 aliphatic carbocycles. The molecule has 0 aromatic heterocycles. The van der Waals surface area contributed by atoms with Crippen LogP contribution in [0.4, 0.5) is 0 Å². The molecule has 0 aromatic rings. The van der Waals surface area contributed by atoms with E-state index in [0.29, 0.717) is 11.8 Å². The van der Waals surface area contributed by atoms with Gasteiger partial charge in [-0.3, -0.25) is 4.79 Å². The lowest BCUT2D eigenvalue weighted by molar-refractivity contribution is -0.134. The Balaban J connectivity index is 1.81. The fraction of sp³-hybridized carbons (Fsp3) is 0.833. The topological polar surface area (TPSA) is 52.9 Å². The summed E-state index contributed by atoms with van der Waals surface area (Å²) in [5.41, 5.74) is -0.691. The predicted molar refractivity (Wildman–Crippen MR) is 56.8 cm³/mol. The summed E-state index contributed by atoms with van der Waals surface area (Å²) in [6.07, 6.45) is 5.23. The van der Waals surface area contributed by atoms with Crippen molar-refractivity contribution in [2.45, 2.75) is 39.0 Å². The van der Waals surface area contributed by atoms with Crippen molar-refractivity contribution in [1.29, 1.82) is 5.26 Å². The molecule has 0 aromatic carbocycles. The normalized spacial score (nSPS) is 34.8. The van der Waals surface area contributed by atoms with Crippen LogP contribution in [0.3, 0.4) is 0 Å². The Kier molecular flexibility index (Phi) is 2.68. The van der Waals surface area contributed by atoms with E-state index in [4.69, 9.17) is 5.26 Å². The van der Waals surface area contributed by atoms with Gasteiger partial charge >= 0.3 is 0 Å². The highest BCUT2D eigenvalue weighted by atomic mass is 16.2. The Morgan fingerprint density at radius 1 is 1.53 bits per heavy atom. The molecule has 0 aliphatic heterocycles. The molecule has 0 bridgehead atoms. The lowest BCUT2D eigenvalue weighted by Gasteiger charge is -2.39. The second-order valence-electron chi connectivity index (χ2n) is 5.21. The highest BCUT2D eigenvalue weighted by Gasteiger charge is 2.48. The second-order valence-corrected chi connectivity index (χ2v) is 5.21. The van der Waals surface area contributed by atoms with Gasteiger partial charge in [-0.1, -0.05) is 13.3 Å². The average Bonchev–Trinajstić information content (AvgIpc) is 2.09. The van der Waals surface area contributed by atoms with Crippen molar-refractivity contribution in [3.63, 3.8) is 0 Å². The highest BCUT2D eigenvalue weighted by molar-refractivity contribution is 5.86. The first-order chi connectivity index (χ1) is 7.16. The molecule has 0 heterocycles. The van der Waals surface area contributed by atoms with Gasteiger partial charge in [0.15, 0.2) is 0 Å². The molecule has 2 aliphatic rings. The van der Waals surface area contributed by atoms with Crippen LogP contribution in [0.2, 0.25) is 0 Å². The van der Waals surface area contributed by atoms with Gasteiger partial charge in [-0.05, 0) is 37.5 Å². The zero-order chi connectivity index (χ0) is 10.9. The van der Waals surface area contributed by atoms with E-state index in [-0.39, 0.29) is 5.91 Å². The van der Waals surface area contributed by atoms with Gasteiger partial charge in [0.1, 0.15) is 5.41 Å². The standard InChI is InChI=1S/C12H18N2O/c1-9-5-12(6-9,8-13)11(15)14-7-10-3-2-4-10/h9-10H,2-7H2,1H3,(H,14,15). The summed E-state index contributed by atoms with van der Waals surface area (Å²) >= 11 is 0. The largest absolute Gasteiger partial charge is 0.354 e. The molecule has 2 fully saturated rings. The third-order valence-corrected chi connectivity index (χ3v) is 3.82. The molecule has 3 nitrogen and oxygen atoms in total. The van der Waals surface area contributed by atoms with Crippen LogP contribution in [0.1, 0.15) is 39.0 Å². The van der Waals surface area contributed by atoms with E-state index in [1.54, 1.807) is 0 Å². The Labute approximate surface area is 90.8 Å². The summed E-state index contributed by atoms with van der Waals surface area (Å²) in [5.74, 6) is 1.16. The number of carbonyl (C=O) groups is 1. The van der Waals surface area contributed by atoms with Gasteiger partial charge in [0.05, 0.1) is 6.07 Å². The third-order valence-electron chi connectivity index (χ3n) is 3.82. The van der Waals surface area contributed by atoms with Crippen molar-refractivity contribution < 1.29 is 4.79 Å². The van der Waals surface area contributed by atoms with Crippen LogP contribution < -0.4 is 5.32 Å². The maximum atomic E-state index is 11.8. The van der Waals surface area contributed by atoms with E-state index in [2.05, 4.69) is 18.3 Å². The number of hydrogen-bond donors (Lipinski definition) is 1. The minimum Gasteiger partial charge on any atom is -0.354 e. The number of nitrogens with zero attached hydrogens (tertiary/aromatic N) is 1. The molecular weight excluding hydrogens is 188 g/mol. The monoisotopic (exact) mass is 206 g/mol. The first-order valence-corrected chi connectivity index (χ1v) is 5.86. The van der Waals surface area contributed by atoms with Crippen molar-refractivity contribution in [3.05, 3.63) is 0 Å². The van der Waals surface area contributed by atoms with E-state index in [1.807, 2.05) is 0 Å². The van der Waals surface area contributed by atoms with Crippen LogP contribution in [0.15, 0.2) is 0 Å². The average molecular weight is 206 g/mol. The SMILES string of the molecule is CC1CC(C#N)(C(=O)NCC2CCC2)C1. The van der Waals surface area contributed by atoms with Gasteiger partial charge in [0.2, 0.25) is 5.91 Å². The minimum atomic E-state index is -0.691. The van der Waals surface area contributed by atoms with Crippen molar-refractivity contribution >= 4 is 5.91 Å². The fourth-order valence-electron chi connectivity index (χ4n) is 2.56. The quantitative estimate of drug-likeness (QED) is 0.766. The number of carbonyl (C=O) groups excluding carboxylic acids is 1. The Morgan fingerprint density at radius 2 is 2.20 bits per heavy atom. The molecule has 1 amide bonds. The molecule has 0 saturated heterocycles. The first kappa shape index (κ1) is 10.5. The van der Waals surface area contributed by atoms with E-state index in [9.17, 15) is 4.79 Å². The van der Waals surface area contributed by atoms with Crippen LogP contribution in [0.5, 0.6) is 0 Å². The number of hydrogen-bond acceptors (Lipinski definition) is 2. The van der Waals surface area contributed by atoms with Crippen LogP contribution in [-0.2, 0) is 4.79 Å². The lowest BCUT2D eigenvalue weighted by Crippen LogP contribution is -2.49. The second kappa shape index (κ2) is 3.84. The number of nitriles is 1. The smallest absolute Gasteiger partial charge is 0.240 e. The summed E-state index contributed by atoms with van der Waals surface area (Å²) in [7, 11) is 0.